The van der Waals surface area contributed by atoms with Crippen molar-refractivity contribution in [2.45, 2.75) is 17.9 Å². The average molecular weight is 335 g/mol. The minimum Gasteiger partial charge on any atom is -0.464 e. The van der Waals surface area contributed by atoms with Crippen LogP contribution in [0.5, 0.6) is 0 Å². The molecule has 1 aromatic heterocycles. The van der Waals surface area contributed by atoms with Crippen molar-refractivity contribution in [3.05, 3.63) is 47.3 Å². The molecule has 0 aliphatic carbocycles. The Hall–Kier alpha value is -2.19. The highest BCUT2D eigenvalue weighted by Crippen LogP contribution is 2.26. The van der Waals surface area contributed by atoms with E-state index in [1.165, 1.54) is 11.4 Å². The lowest BCUT2D eigenvalue weighted by molar-refractivity contribution is 0.0591. The number of methoxy groups -OCH3 is 1. The Labute approximate surface area is 134 Å². The fourth-order valence-electron chi connectivity index (χ4n) is 2.75. The quantitative estimate of drug-likeness (QED) is 0.780. The number of nitrogens with zero attached hydrogens (tertiary/aromatic N) is 3. The van der Waals surface area contributed by atoms with Gasteiger partial charge in [-0.15, -0.1) is 0 Å². The third kappa shape index (κ3) is 2.64. The minimum absolute atomic E-state index is 0.188. The Kier molecular flexibility index (Phi) is 3.95. The number of sulfonamides is 1. The molecule has 1 aliphatic heterocycles. The van der Waals surface area contributed by atoms with Crippen LogP contribution in [0.25, 0.3) is 0 Å². The molecule has 3 rings (SSSR count). The van der Waals surface area contributed by atoms with Gasteiger partial charge in [-0.05, 0) is 18.6 Å². The van der Waals surface area contributed by atoms with Gasteiger partial charge in [-0.3, -0.25) is 4.68 Å². The topological polar surface area (TPSA) is 81.5 Å². The van der Waals surface area contributed by atoms with Crippen LogP contribution in [0.1, 0.15) is 21.7 Å². The number of fused-ring (bicyclic) bond motifs is 1. The van der Waals surface area contributed by atoms with Gasteiger partial charge >= 0.3 is 5.97 Å². The number of carbonyl (C=O) groups is 1. The first kappa shape index (κ1) is 15.7. The number of aromatic nitrogens is 2. The van der Waals surface area contributed by atoms with Crippen molar-refractivity contribution in [3.8, 4) is 0 Å². The number of carbonyl (C=O) groups excluding carboxylic acids is 1. The van der Waals surface area contributed by atoms with Crippen LogP contribution < -0.4 is 0 Å². The predicted octanol–water partition coefficient (Wildman–Crippen LogP) is 0.954. The molecule has 2 aromatic rings. The van der Waals surface area contributed by atoms with Crippen LogP contribution in [0.4, 0.5) is 0 Å². The van der Waals surface area contributed by atoms with Crippen LogP contribution in [0.2, 0.25) is 0 Å². The highest BCUT2D eigenvalue weighted by molar-refractivity contribution is 7.89. The van der Waals surface area contributed by atoms with Gasteiger partial charge in [0, 0.05) is 19.2 Å². The van der Waals surface area contributed by atoms with Crippen LogP contribution in [-0.4, -0.2) is 42.1 Å². The summed E-state index contributed by atoms with van der Waals surface area (Å²) >= 11 is 0. The summed E-state index contributed by atoms with van der Waals surface area (Å²) in [7, 11) is -0.560. The lowest BCUT2D eigenvalue weighted by Gasteiger charge is -2.26. The second-order valence-electron chi connectivity index (χ2n) is 5.29. The van der Waals surface area contributed by atoms with Crippen LogP contribution in [0.3, 0.4) is 0 Å². The van der Waals surface area contributed by atoms with Crippen molar-refractivity contribution < 1.29 is 17.9 Å². The third-order valence-electron chi connectivity index (χ3n) is 3.97. The van der Waals surface area contributed by atoms with Gasteiger partial charge in [0.15, 0.2) is 5.69 Å². The van der Waals surface area contributed by atoms with Gasteiger partial charge in [0.25, 0.3) is 0 Å². The van der Waals surface area contributed by atoms with Crippen molar-refractivity contribution >= 4 is 16.0 Å². The molecule has 7 nitrogen and oxygen atoms in total. The molecule has 0 unspecified atom stereocenters. The van der Waals surface area contributed by atoms with Crippen molar-refractivity contribution in [2.75, 3.05) is 13.7 Å². The molecule has 0 fully saturated rings. The van der Waals surface area contributed by atoms with E-state index in [0.29, 0.717) is 13.0 Å². The summed E-state index contributed by atoms with van der Waals surface area (Å²) < 4.78 is 33.1. The Balaban J connectivity index is 1.95. The number of benzene rings is 1. The lowest BCUT2D eigenvalue weighted by atomic mass is 10.1. The lowest BCUT2D eigenvalue weighted by Crippen LogP contribution is -2.36. The number of ether oxygens (including phenoxy) is 1. The van der Waals surface area contributed by atoms with E-state index in [2.05, 4.69) is 5.10 Å². The molecule has 0 atom stereocenters. The van der Waals surface area contributed by atoms with E-state index in [1.54, 1.807) is 42.1 Å². The summed E-state index contributed by atoms with van der Waals surface area (Å²) in [5.41, 5.74) is 1.75. The van der Waals surface area contributed by atoms with Crippen molar-refractivity contribution in [1.29, 1.82) is 0 Å². The maximum atomic E-state index is 12.7. The molecule has 1 aromatic carbocycles. The Morgan fingerprint density at radius 3 is 2.61 bits per heavy atom. The fourth-order valence-corrected chi connectivity index (χ4v) is 4.18. The van der Waals surface area contributed by atoms with Crippen LogP contribution >= 0.6 is 0 Å². The van der Waals surface area contributed by atoms with Crippen LogP contribution in [0, 0.1) is 0 Å². The molecular formula is C15H17N3O4S. The molecule has 122 valence electrons. The van der Waals surface area contributed by atoms with E-state index in [9.17, 15) is 13.2 Å². The summed E-state index contributed by atoms with van der Waals surface area (Å²) in [6, 6.07) is 8.32. The summed E-state index contributed by atoms with van der Waals surface area (Å²) in [6.07, 6.45) is 0.430. The average Bonchev–Trinajstić information content (AvgIpc) is 2.91. The number of esters is 1. The smallest absolute Gasteiger partial charge is 0.358 e. The molecule has 23 heavy (non-hydrogen) atoms. The SMILES string of the molecule is COC(=O)c1nn(C)c2c1CCN(S(=O)(=O)c1ccccc1)C2. The first-order chi connectivity index (χ1) is 10.9. The molecule has 0 amide bonds. The number of aryl methyl sites for hydroxylation is 1. The van der Waals surface area contributed by atoms with Gasteiger partial charge in [-0.2, -0.15) is 9.40 Å². The molecule has 8 heteroatoms. The first-order valence-corrected chi connectivity index (χ1v) is 8.57. The second kappa shape index (κ2) is 5.78. The molecule has 0 spiro atoms. The highest BCUT2D eigenvalue weighted by Gasteiger charge is 2.33. The number of rotatable bonds is 3. The standard InChI is InChI=1S/C15H17N3O4S/c1-17-13-10-18(23(20,21)11-6-4-3-5-7-11)9-8-12(13)14(16-17)15(19)22-2/h3-7H,8-10H2,1-2H3. The van der Waals surface area contributed by atoms with E-state index in [-0.39, 0.29) is 17.1 Å². The normalized spacial score (nSPS) is 15.2. The largest absolute Gasteiger partial charge is 0.464 e. The molecule has 0 N–H and O–H groups in total. The van der Waals surface area contributed by atoms with Crippen LogP contribution in [-0.2, 0) is 34.8 Å². The van der Waals surface area contributed by atoms with Gasteiger partial charge in [0.2, 0.25) is 10.0 Å². The monoisotopic (exact) mass is 335 g/mol. The molecule has 0 bridgehead atoms. The van der Waals surface area contributed by atoms with Crippen molar-refractivity contribution in [3.63, 3.8) is 0 Å². The van der Waals surface area contributed by atoms with Crippen molar-refractivity contribution in [2.24, 2.45) is 7.05 Å². The zero-order valence-electron chi connectivity index (χ0n) is 12.9. The molecule has 0 radical (unpaired) electrons. The van der Waals surface area contributed by atoms with Gasteiger partial charge < -0.3 is 4.74 Å². The predicted molar refractivity (Wildman–Crippen MR) is 82.3 cm³/mol. The molecule has 0 saturated heterocycles. The van der Waals surface area contributed by atoms with Gasteiger partial charge in [-0.25, -0.2) is 13.2 Å². The van der Waals surface area contributed by atoms with Gasteiger partial charge in [0.05, 0.1) is 24.2 Å². The maximum Gasteiger partial charge on any atom is 0.358 e. The van der Waals surface area contributed by atoms with Crippen molar-refractivity contribution in [1.82, 2.24) is 14.1 Å². The second-order valence-corrected chi connectivity index (χ2v) is 7.23. The van der Waals surface area contributed by atoms with Gasteiger partial charge in [-0.1, -0.05) is 18.2 Å². The summed E-state index contributed by atoms with van der Waals surface area (Å²) in [5, 5.41) is 4.17. The zero-order chi connectivity index (χ0) is 16.6. The number of hydrogen-bond donors (Lipinski definition) is 0. The van der Waals surface area contributed by atoms with E-state index in [1.807, 2.05) is 0 Å². The molecule has 2 heterocycles. The molecular weight excluding hydrogens is 318 g/mol. The number of hydrogen-bond acceptors (Lipinski definition) is 5. The van der Waals surface area contributed by atoms with E-state index in [0.717, 1.165) is 11.3 Å². The van der Waals surface area contributed by atoms with E-state index in [4.69, 9.17) is 4.74 Å². The fraction of sp³-hybridized carbons (Fsp3) is 0.333. The Bertz CT molecular complexity index is 843. The summed E-state index contributed by atoms with van der Waals surface area (Å²) in [6.45, 7) is 0.493. The van der Waals surface area contributed by atoms with Gasteiger partial charge in [0.1, 0.15) is 0 Å². The summed E-state index contributed by atoms with van der Waals surface area (Å²) in [5.74, 6) is -0.499. The van der Waals surface area contributed by atoms with E-state index >= 15 is 0 Å². The Morgan fingerprint density at radius 1 is 1.26 bits per heavy atom. The van der Waals surface area contributed by atoms with Crippen LogP contribution in [0.15, 0.2) is 35.2 Å². The molecule has 1 aliphatic rings. The zero-order valence-corrected chi connectivity index (χ0v) is 13.7. The summed E-state index contributed by atoms with van der Waals surface area (Å²) in [4.78, 5) is 12.0. The highest BCUT2D eigenvalue weighted by atomic mass is 32.2. The molecule has 0 saturated carbocycles. The Morgan fingerprint density at radius 2 is 1.96 bits per heavy atom. The first-order valence-electron chi connectivity index (χ1n) is 7.13. The van der Waals surface area contributed by atoms with E-state index < -0.39 is 16.0 Å². The third-order valence-corrected chi connectivity index (χ3v) is 5.83. The minimum atomic E-state index is -3.56. The maximum absolute atomic E-state index is 12.7.